The van der Waals surface area contributed by atoms with E-state index in [-0.39, 0.29) is 0 Å². The summed E-state index contributed by atoms with van der Waals surface area (Å²) in [6.07, 6.45) is 1.91. The van der Waals surface area contributed by atoms with Gasteiger partial charge in [0.2, 0.25) is 0 Å². The van der Waals surface area contributed by atoms with Crippen LogP contribution >= 0.6 is 0 Å². The number of hydrogen-bond acceptors (Lipinski definition) is 1. The number of hydrogen-bond donors (Lipinski definition) is 1. The van der Waals surface area contributed by atoms with Crippen molar-refractivity contribution in [3.63, 3.8) is 0 Å². The third-order valence-corrected chi connectivity index (χ3v) is 2.90. The van der Waals surface area contributed by atoms with E-state index in [9.17, 15) is 0 Å². The van der Waals surface area contributed by atoms with E-state index in [0.29, 0.717) is 0 Å². The fourth-order valence-corrected chi connectivity index (χ4v) is 2.16. The first-order valence-electron chi connectivity index (χ1n) is 5.19. The van der Waals surface area contributed by atoms with Gasteiger partial charge in [0.05, 0.1) is 0 Å². The molecule has 0 unspecified atom stereocenters. The maximum atomic E-state index is 5.80. The molecule has 15 heavy (non-hydrogen) atoms. The van der Waals surface area contributed by atoms with Crippen LogP contribution in [0.15, 0.2) is 24.8 Å². The lowest BCUT2D eigenvalue weighted by atomic mass is 10.1. The Bertz CT molecular complexity index is 521. The van der Waals surface area contributed by atoms with Crippen molar-refractivity contribution in [1.29, 1.82) is 0 Å². The van der Waals surface area contributed by atoms with Gasteiger partial charge in [-0.2, -0.15) is 0 Å². The van der Waals surface area contributed by atoms with Crippen molar-refractivity contribution in [1.82, 2.24) is 4.57 Å². The second kappa shape index (κ2) is 3.46. The first-order valence-corrected chi connectivity index (χ1v) is 5.19. The Morgan fingerprint density at radius 2 is 2.20 bits per heavy atom. The molecule has 1 heterocycles. The predicted molar refractivity (Wildman–Crippen MR) is 66.9 cm³/mol. The van der Waals surface area contributed by atoms with Gasteiger partial charge in [-0.1, -0.05) is 6.58 Å². The molecule has 0 atom stereocenters. The fourth-order valence-electron chi connectivity index (χ4n) is 2.16. The van der Waals surface area contributed by atoms with Crippen molar-refractivity contribution in [3.8, 4) is 0 Å². The van der Waals surface area contributed by atoms with Gasteiger partial charge >= 0.3 is 0 Å². The summed E-state index contributed by atoms with van der Waals surface area (Å²) in [5.41, 5.74) is 10.3. The van der Waals surface area contributed by atoms with E-state index in [0.717, 1.165) is 12.2 Å². The van der Waals surface area contributed by atoms with E-state index in [4.69, 9.17) is 5.73 Å². The quantitative estimate of drug-likeness (QED) is 0.741. The number of anilines is 1. The Kier molecular flexibility index (Phi) is 2.27. The van der Waals surface area contributed by atoms with E-state index in [1.807, 2.05) is 18.2 Å². The minimum Gasteiger partial charge on any atom is -0.399 e. The summed E-state index contributed by atoms with van der Waals surface area (Å²) in [4.78, 5) is 0. The van der Waals surface area contributed by atoms with Gasteiger partial charge in [0.25, 0.3) is 0 Å². The van der Waals surface area contributed by atoms with E-state index in [1.165, 1.54) is 22.2 Å². The van der Waals surface area contributed by atoms with Gasteiger partial charge in [-0.05, 0) is 43.7 Å². The molecule has 0 spiro atoms. The van der Waals surface area contributed by atoms with E-state index in [1.54, 1.807) is 0 Å². The SMILES string of the molecule is C=Cc1c(C)c2cc(N)ccc2n1CC. The summed E-state index contributed by atoms with van der Waals surface area (Å²) < 4.78 is 2.26. The van der Waals surface area contributed by atoms with Crippen LogP contribution in [-0.4, -0.2) is 4.57 Å². The van der Waals surface area contributed by atoms with E-state index < -0.39 is 0 Å². The maximum Gasteiger partial charge on any atom is 0.0489 e. The van der Waals surface area contributed by atoms with Gasteiger partial charge in [0, 0.05) is 28.8 Å². The van der Waals surface area contributed by atoms with Gasteiger partial charge in [-0.3, -0.25) is 0 Å². The average Bonchev–Trinajstić information content (AvgIpc) is 2.51. The van der Waals surface area contributed by atoms with Crippen LogP contribution in [-0.2, 0) is 6.54 Å². The van der Waals surface area contributed by atoms with Crippen LogP contribution in [0.1, 0.15) is 18.2 Å². The van der Waals surface area contributed by atoms with Crippen molar-refractivity contribution in [2.75, 3.05) is 5.73 Å². The number of rotatable bonds is 2. The van der Waals surface area contributed by atoms with Gasteiger partial charge in [0.1, 0.15) is 0 Å². The highest BCUT2D eigenvalue weighted by Crippen LogP contribution is 2.27. The minimum absolute atomic E-state index is 0.814. The van der Waals surface area contributed by atoms with Crippen LogP contribution in [0.25, 0.3) is 17.0 Å². The zero-order chi connectivity index (χ0) is 11.0. The summed E-state index contributed by atoms with van der Waals surface area (Å²) in [5, 5.41) is 1.23. The van der Waals surface area contributed by atoms with Gasteiger partial charge in [-0.15, -0.1) is 0 Å². The molecule has 0 aliphatic rings. The standard InChI is InChI=1S/C13H16N2/c1-4-12-9(3)11-8-10(14)6-7-13(11)15(12)5-2/h4,6-8H,1,5,14H2,2-3H3. The lowest BCUT2D eigenvalue weighted by Crippen LogP contribution is -1.96. The predicted octanol–water partition coefficient (Wildman–Crippen LogP) is 3.19. The number of aromatic nitrogens is 1. The Morgan fingerprint density at radius 1 is 1.47 bits per heavy atom. The number of benzene rings is 1. The Hall–Kier alpha value is -1.70. The molecular weight excluding hydrogens is 184 g/mol. The summed E-state index contributed by atoms with van der Waals surface area (Å²) in [6, 6.07) is 6.05. The second-order valence-electron chi connectivity index (χ2n) is 3.74. The van der Waals surface area contributed by atoms with Crippen LogP contribution in [0.4, 0.5) is 5.69 Å². The van der Waals surface area contributed by atoms with Crippen LogP contribution in [0.3, 0.4) is 0 Å². The molecule has 0 fully saturated rings. The van der Waals surface area contributed by atoms with Crippen molar-refractivity contribution < 1.29 is 0 Å². The summed E-state index contributed by atoms with van der Waals surface area (Å²) in [5.74, 6) is 0. The Balaban J connectivity index is 2.90. The largest absolute Gasteiger partial charge is 0.399 e. The van der Waals surface area contributed by atoms with Crippen LogP contribution in [0.5, 0.6) is 0 Å². The highest BCUT2D eigenvalue weighted by atomic mass is 15.0. The molecule has 2 aromatic rings. The van der Waals surface area contributed by atoms with Crippen LogP contribution < -0.4 is 5.73 Å². The molecule has 2 heteroatoms. The molecule has 0 bridgehead atoms. The summed E-state index contributed by atoms with van der Waals surface area (Å²) >= 11 is 0. The molecule has 2 N–H and O–H groups in total. The van der Waals surface area contributed by atoms with Crippen molar-refractivity contribution in [2.24, 2.45) is 0 Å². The van der Waals surface area contributed by atoms with Crippen LogP contribution in [0.2, 0.25) is 0 Å². The van der Waals surface area contributed by atoms with Crippen LogP contribution in [0, 0.1) is 6.92 Å². The molecule has 1 aromatic heterocycles. The van der Waals surface area contributed by atoms with Gasteiger partial charge in [0.15, 0.2) is 0 Å². The molecule has 0 aliphatic carbocycles. The summed E-state index contributed by atoms with van der Waals surface area (Å²) in [6.45, 7) is 9.08. The highest BCUT2D eigenvalue weighted by Gasteiger charge is 2.10. The molecule has 1 aromatic carbocycles. The van der Waals surface area contributed by atoms with Gasteiger partial charge in [-0.25, -0.2) is 0 Å². The first kappa shape index (κ1) is 9.84. The topological polar surface area (TPSA) is 30.9 Å². The number of nitrogens with zero attached hydrogens (tertiary/aromatic N) is 1. The number of aryl methyl sites for hydroxylation is 2. The third-order valence-electron chi connectivity index (χ3n) is 2.90. The molecule has 0 amide bonds. The fraction of sp³-hybridized carbons (Fsp3) is 0.231. The number of nitrogens with two attached hydrogens (primary N) is 1. The monoisotopic (exact) mass is 200 g/mol. The minimum atomic E-state index is 0.814. The Morgan fingerprint density at radius 3 is 2.80 bits per heavy atom. The number of nitrogen functional groups attached to an aromatic ring is 1. The molecule has 2 nitrogen and oxygen atoms in total. The molecule has 0 aliphatic heterocycles. The smallest absolute Gasteiger partial charge is 0.0489 e. The highest BCUT2D eigenvalue weighted by molar-refractivity contribution is 5.90. The molecule has 78 valence electrons. The molecular formula is C13H16N2. The normalized spacial score (nSPS) is 10.8. The summed E-state index contributed by atoms with van der Waals surface area (Å²) in [7, 11) is 0. The zero-order valence-corrected chi connectivity index (χ0v) is 9.25. The molecule has 0 radical (unpaired) electrons. The lowest BCUT2D eigenvalue weighted by Gasteiger charge is -2.04. The van der Waals surface area contributed by atoms with Crippen molar-refractivity contribution in [3.05, 3.63) is 36.0 Å². The van der Waals surface area contributed by atoms with E-state index >= 15 is 0 Å². The average molecular weight is 200 g/mol. The zero-order valence-electron chi connectivity index (χ0n) is 9.25. The Labute approximate surface area is 90.0 Å². The number of fused-ring (bicyclic) bond motifs is 1. The first-order chi connectivity index (χ1) is 7.19. The van der Waals surface area contributed by atoms with E-state index in [2.05, 4.69) is 31.1 Å². The third kappa shape index (κ3) is 1.33. The second-order valence-corrected chi connectivity index (χ2v) is 3.74. The van der Waals surface area contributed by atoms with Crippen molar-refractivity contribution in [2.45, 2.75) is 20.4 Å². The molecule has 0 saturated carbocycles. The molecule has 0 saturated heterocycles. The maximum absolute atomic E-state index is 5.80. The molecule has 2 rings (SSSR count). The lowest BCUT2D eigenvalue weighted by molar-refractivity contribution is 0.787. The van der Waals surface area contributed by atoms with Crippen molar-refractivity contribution >= 4 is 22.7 Å². The van der Waals surface area contributed by atoms with Gasteiger partial charge < -0.3 is 10.3 Å².